The van der Waals surface area contributed by atoms with E-state index in [1.165, 1.54) is 19.2 Å². The fourth-order valence-electron chi connectivity index (χ4n) is 2.75. The van der Waals surface area contributed by atoms with Crippen LogP contribution in [-0.4, -0.2) is 27.6 Å². The number of ether oxygens (including phenoxy) is 1. The summed E-state index contributed by atoms with van der Waals surface area (Å²) < 4.78 is 20.3. The average molecular weight is 368 g/mol. The molecule has 3 aromatic rings. The molecule has 2 aromatic heterocycles. The Morgan fingerprint density at radius 2 is 1.89 bits per heavy atom. The van der Waals surface area contributed by atoms with Crippen molar-refractivity contribution in [2.75, 3.05) is 7.11 Å². The molecule has 0 spiro atoms. The van der Waals surface area contributed by atoms with Gasteiger partial charge in [-0.1, -0.05) is 12.1 Å². The number of nitrogens with zero attached hydrogens (tertiary/aromatic N) is 3. The van der Waals surface area contributed by atoms with Gasteiger partial charge in [-0.05, 0) is 50.6 Å². The SMILES string of the molecule is COc1nc(C(=O)NC(C)(C)c2ccc(F)cc2)ccc1-n1cnc(C)c1. The molecule has 0 radical (unpaired) electrons. The summed E-state index contributed by atoms with van der Waals surface area (Å²) in [6.45, 7) is 5.58. The minimum Gasteiger partial charge on any atom is -0.479 e. The van der Waals surface area contributed by atoms with Gasteiger partial charge in [0.1, 0.15) is 17.2 Å². The highest BCUT2D eigenvalue weighted by molar-refractivity contribution is 5.93. The van der Waals surface area contributed by atoms with Gasteiger partial charge in [-0.25, -0.2) is 14.4 Å². The van der Waals surface area contributed by atoms with Crippen molar-refractivity contribution in [3.8, 4) is 11.6 Å². The van der Waals surface area contributed by atoms with Gasteiger partial charge in [0.2, 0.25) is 5.88 Å². The van der Waals surface area contributed by atoms with Crippen LogP contribution in [0.4, 0.5) is 4.39 Å². The van der Waals surface area contributed by atoms with Gasteiger partial charge < -0.3 is 14.6 Å². The lowest BCUT2D eigenvalue weighted by atomic mass is 9.94. The van der Waals surface area contributed by atoms with Crippen molar-refractivity contribution in [1.82, 2.24) is 19.9 Å². The van der Waals surface area contributed by atoms with E-state index in [-0.39, 0.29) is 17.4 Å². The van der Waals surface area contributed by atoms with Gasteiger partial charge in [0.25, 0.3) is 5.91 Å². The zero-order valence-electron chi connectivity index (χ0n) is 15.7. The molecule has 1 amide bonds. The number of hydrogen-bond donors (Lipinski definition) is 1. The largest absolute Gasteiger partial charge is 0.479 e. The zero-order valence-corrected chi connectivity index (χ0v) is 15.7. The number of nitrogens with one attached hydrogen (secondary N) is 1. The summed E-state index contributed by atoms with van der Waals surface area (Å²) >= 11 is 0. The summed E-state index contributed by atoms with van der Waals surface area (Å²) in [4.78, 5) is 21.2. The van der Waals surface area contributed by atoms with Crippen molar-refractivity contribution in [3.05, 3.63) is 71.7 Å². The molecule has 0 aliphatic carbocycles. The van der Waals surface area contributed by atoms with Crippen molar-refractivity contribution < 1.29 is 13.9 Å². The number of carbonyl (C=O) groups is 1. The topological polar surface area (TPSA) is 69.0 Å². The van der Waals surface area contributed by atoms with E-state index in [9.17, 15) is 9.18 Å². The van der Waals surface area contributed by atoms with Crippen LogP contribution in [0.15, 0.2) is 48.9 Å². The molecule has 0 fully saturated rings. The van der Waals surface area contributed by atoms with Crippen molar-refractivity contribution in [2.45, 2.75) is 26.3 Å². The van der Waals surface area contributed by atoms with Crippen LogP contribution < -0.4 is 10.1 Å². The third kappa shape index (κ3) is 3.97. The van der Waals surface area contributed by atoms with E-state index in [0.717, 1.165) is 11.3 Å². The quantitative estimate of drug-likeness (QED) is 0.750. The second-order valence-electron chi connectivity index (χ2n) is 6.73. The fourth-order valence-corrected chi connectivity index (χ4v) is 2.75. The molecule has 1 aromatic carbocycles. The molecule has 27 heavy (non-hydrogen) atoms. The first-order valence-corrected chi connectivity index (χ1v) is 8.45. The van der Waals surface area contributed by atoms with Gasteiger partial charge in [-0.2, -0.15) is 0 Å². The molecular weight excluding hydrogens is 347 g/mol. The van der Waals surface area contributed by atoms with E-state index in [1.54, 1.807) is 35.2 Å². The number of imidazole rings is 1. The molecule has 0 unspecified atom stereocenters. The second-order valence-corrected chi connectivity index (χ2v) is 6.73. The van der Waals surface area contributed by atoms with Gasteiger partial charge in [-0.3, -0.25) is 4.79 Å². The number of pyridine rings is 1. The Morgan fingerprint density at radius 1 is 1.19 bits per heavy atom. The number of rotatable bonds is 5. The Kier molecular flexibility index (Phi) is 4.94. The van der Waals surface area contributed by atoms with Crippen LogP contribution in [0.25, 0.3) is 5.69 Å². The number of halogens is 1. The first kappa shape index (κ1) is 18.6. The monoisotopic (exact) mass is 368 g/mol. The number of carbonyl (C=O) groups excluding carboxylic acids is 1. The van der Waals surface area contributed by atoms with Crippen molar-refractivity contribution in [2.24, 2.45) is 0 Å². The molecule has 6 nitrogen and oxygen atoms in total. The summed E-state index contributed by atoms with van der Waals surface area (Å²) in [7, 11) is 1.50. The molecule has 0 aliphatic rings. The number of methoxy groups -OCH3 is 1. The molecule has 0 atom stereocenters. The molecule has 1 N–H and O–H groups in total. The minimum atomic E-state index is -0.695. The Labute approximate surface area is 157 Å². The van der Waals surface area contributed by atoms with Crippen molar-refractivity contribution >= 4 is 5.91 Å². The van der Waals surface area contributed by atoms with Crippen molar-refractivity contribution in [1.29, 1.82) is 0 Å². The van der Waals surface area contributed by atoms with Crippen LogP contribution in [0, 0.1) is 12.7 Å². The molecular formula is C20H21FN4O2. The molecule has 7 heteroatoms. The molecule has 0 saturated carbocycles. The summed E-state index contributed by atoms with van der Waals surface area (Å²) in [5.74, 6) is -0.353. The standard InChI is InChI=1S/C20H21FN4O2/c1-13-11-25(12-22-13)17-10-9-16(23-19(17)27-4)18(26)24-20(2,3)14-5-7-15(21)8-6-14/h5-12H,1-4H3,(H,24,26). The highest BCUT2D eigenvalue weighted by Gasteiger charge is 2.25. The normalized spacial score (nSPS) is 11.3. The van der Waals surface area contributed by atoms with E-state index >= 15 is 0 Å². The summed E-state index contributed by atoms with van der Waals surface area (Å²) in [5.41, 5.74) is 1.87. The maximum absolute atomic E-state index is 13.1. The molecule has 0 saturated heterocycles. The summed E-state index contributed by atoms with van der Waals surface area (Å²) in [6.07, 6.45) is 3.50. The second kappa shape index (κ2) is 7.19. The van der Waals surface area contributed by atoms with Crippen LogP contribution in [-0.2, 0) is 5.54 Å². The Bertz CT molecular complexity index is 964. The number of aromatic nitrogens is 3. The van der Waals surface area contributed by atoms with Gasteiger partial charge in [0.05, 0.1) is 24.7 Å². The van der Waals surface area contributed by atoms with Crippen molar-refractivity contribution in [3.63, 3.8) is 0 Å². The molecule has 0 aliphatic heterocycles. The first-order chi connectivity index (χ1) is 12.8. The molecule has 2 heterocycles. The zero-order chi connectivity index (χ0) is 19.6. The molecule has 3 rings (SSSR count). The lowest BCUT2D eigenvalue weighted by molar-refractivity contribution is 0.0906. The molecule has 140 valence electrons. The third-order valence-electron chi connectivity index (χ3n) is 4.25. The van der Waals surface area contributed by atoms with Crippen LogP contribution in [0.5, 0.6) is 5.88 Å². The van der Waals surface area contributed by atoms with Gasteiger partial charge in [-0.15, -0.1) is 0 Å². The Hall–Kier alpha value is -3.22. The van der Waals surface area contributed by atoms with Gasteiger partial charge >= 0.3 is 0 Å². The fraction of sp³-hybridized carbons (Fsp3) is 0.250. The lowest BCUT2D eigenvalue weighted by Gasteiger charge is -2.27. The Balaban J connectivity index is 1.85. The van der Waals surface area contributed by atoms with E-state index < -0.39 is 5.54 Å². The Morgan fingerprint density at radius 3 is 2.48 bits per heavy atom. The first-order valence-electron chi connectivity index (χ1n) is 8.45. The average Bonchev–Trinajstić information content (AvgIpc) is 3.07. The summed E-state index contributed by atoms with van der Waals surface area (Å²) in [6, 6.07) is 9.41. The van der Waals surface area contributed by atoms with E-state index in [4.69, 9.17) is 4.74 Å². The minimum absolute atomic E-state index is 0.225. The van der Waals surface area contributed by atoms with E-state index in [2.05, 4.69) is 15.3 Å². The highest BCUT2D eigenvalue weighted by Crippen LogP contribution is 2.23. The number of amides is 1. The number of aryl methyl sites for hydroxylation is 1. The predicted molar refractivity (Wildman–Crippen MR) is 99.5 cm³/mol. The van der Waals surface area contributed by atoms with Gasteiger partial charge in [0.15, 0.2) is 0 Å². The van der Waals surface area contributed by atoms with Crippen LogP contribution in [0.1, 0.15) is 35.6 Å². The van der Waals surface area contributed by atoms with Crippen LogP contribution >= 0.6 is 0 Å². The number of benzene rings is 1. The maximum Gasteiger partial charge on any atom is 0.270 e. The van der Waals surface area contributed by atoms with E-state index in [1.807, 2.05) is 27.0 Å². The van der Waals surface area contributed by atoms with Gasteiger partial charge in [0, 0.05) is 6.20 Å². The lowest BCUT2D eigenvalue weighted by Crippen LogP contribution is -2.41. The number of hydrogen-bond acceptors (Lipinski definition) is 4. The van der Waals surface area contributed by atoms with Crippen LogP contribution in [0.2, 0.25) is 0 Å². The summed E-state index contributed by atoms with van der Waals surface area (Å²) in [5, 5.41) is 2.92. The predicted octanol–water partition coefficient (Wildman–Crippen LogP) is 3.39. The third-order valence-corrected chi connectivity index (χ3v) is 4.25. The molecule has 0 bridgehead atoms. The maximum atomic E-state index is 13.1. The van der Waals surface area contributed by atoms with Crippen LogP contribution in [0.3, 0.4) is 0 Å². The smallest absolute Gasteiger partial charge is 0.270 e. The van der Waals surface area contributed by atoms with E-state index in [0.29, 0.717) is 11.6 Å². The highest BCUT2D eigenvalue weighted by atomic mass is 19.1.